The summed E-state index contributed by atoms with van der Waals surface area (Å²) in [5.74, 6) is -0.0256. The Balaban J connectivity index is 1.80. The van der Waals surface area contributed by atoms with Crippen LogP contribution >= 0.6 is 0 Å². The Kier molecular flexibility index (Phi) is 8.00. The second-order valence-corrected chi connectivity index (χ2v) is 10.2. The molecule has 3 aromatic rings. The lowest BCUT2D eigenvalue weighted by Crippen LogP contribution is -2.44. The molecule has 37 heavy (non-hydrogen) atoms. The predicted octanol–water partition coefficient (Wildman–Crippen LogP) is 6.38. The van der Waals surface area contributed by atoms with Crippen LogP contribution in [0.25, 0.3) is 5.69 Å². The second-order valence-electron chi connectivity index (χ2n) is 10.2. The maximum atomic E-state index is 13.0. The van der Waals surface area contributed by atoms with Gasteiger partial charge in [-0.05, 0) is 51.1 Å². The lowest BCUT2D eigenvalue weighted by atomic mass is 9.92. The van der Waals surface area contributed by atoms with Crippen LogP contribution in [0, 0.1) is 6.92 Å². The Labute approximate surface area is 214 Å². The highest BCUT2D eigenvalue weighted by Crippen LogP contribution is 2.31. The van der Waals surface area contributed by atoms with Gasteiger partial charge in [-0.15, -0.1) is 0 Å². The molecule has 10 heteroatoms. The van der Waals surface area contributed by atoms with Crippen molar-refractivity contribution in [3.63, 3.8) is 0 Å². The lowest BCUT2D eigenvalue weighted by molar-refractivity contribution is -0.137. The summed E-state index contributed by atoms with van der Waals surface area (Å²) >= 11 is 0. The van der Waals surface area contributed by atoms with Gasteiger partial charge < -0.3 is 15.5 Å². The number of hydrogen-bond acceptors (Lipinski definition) is 3. The number of urea groups is 1. The maximum Gasteiger partial charge on any atom is 0.416 e. The zero-order valence-corrected chi connectivity index (χ0v) is 21.8. The molecule has 0 fully saturated rings. The van der Waals surface area contributed by atoms with Crippen LogP contribution in [-0.4, -0.2) is 39.2 Å². The van der Waals surface area contributed by atoms with Gasteiger partial charge in [-0.3, -0.25) is 4.79 Å². The van der Waals surface area contributed by atoms with Crippen LogP contribution in [0.3, 0.4) is 0 Å². The van der Waals surface area contributed by atoms with Gasteiger partial charge in [-0.25, -0.2) is 9.48 Å². The number of benzene rings is 2. The second kappa shape index (κ2) is 10.7. The van der Waals surface area contributed by atoms with E-state index in [1.165, 1.54) is 17.0 Å². The lowest BCUT2D eigenvalue weighted by Gasteiger charge is -2.26. The molecule has 1 aromatic heterocycles. The molecule has 0 saturated heterocycles. The van der Waals surface area contributed by atoms with Crippen molar-refractivity contribution in [3.8, 4) is 5.69 Å². The first kappa shape index (κ1) is 27.8. The maximum absolute atomic E-state index is 13.0. The van der Waals surface area contributed by atoms with Crippen molar-refractivity contribution in [1.82, 2.24) is 14.7 Å². The Morgan fingerprint density at radius 2 is 1.65 bits per heavy atom. The molecule has 198 valence electrons. The molecular weight excluding hydrogens is 483 g/mol. The third kappa shape index (κ3) is 7.12. The van der Waals surface area contributed by atoms with Crippen molar-refractivity contribution >= 4 is 23.4 Å². The number of carbonyl (C=O) groups excluding carboxylic acids is 2. The minimum atomic E-state index is -4.54. The molecule has 0 bridgehead atoms. The first-order valence-corrected chi connectivity index (χ1v) is 11.9. The molecule has 2 aromatic carbocycles. The van der Waals surface area contributed by atoms with E-state index in [0.717, 1.165) is 29.1 Å². The summed E-state index contributed by atoms with van der Waals surface area (Å²) in [7, 11) is 0. The van der Waals surface area contributed by atoms with E-state index in [-0.39, 0.29) is 17.6 Å². The largest absolute Gasteiger partial charge is 0.416 e. The van der Waals surface area contributed by atoms with Crippen molar-refractivity contribution in [2.24, 2.45) is 0 Å². The highest BCUT2D eigenvalue weighted by atomic mass is 19.4. The van der Waals surface area contributed by atoms with E-state index >= 15 is 0 Å². The molecule has 7 nitrogen and oxygen atoms in total. The van der Waals surface area contributed by atoms with Gasteiger partial charge in [0.1, 0.15) is 12.4 Å². The van der Waals surface area contributed by atoms with Gasteiger partial charge in [0.25, 0.3) is 0 Å². The molecule has 0 unspecified atom stereocenters. The Morgan fingerprint density at radius 3 is 2.22 bits per heavy atom. The standard InChI is InChI=1S/C27H32F3N5O2/c1-17(2)34(25(37)31-20-9-7-8-19(14-20)27(28,29)30)16-24(36)32-23-15-22(26(4,5)6)33-35(23)21-12-10-18(3)11-13-21/h7-15,17H,16H2,1-6H3,(H,31,37)(H,32,36). The van der Waals surface area contributed by atoms with Crippen molar-refractivity contribution in [2.75, 3.05) is 17.2 Å². The third-order valence-electron chi connectivity index (χ3n) is 5.66. The SMILES string of the molecule is Cc1ccc(-n2nc(C(C)(C)C)cc2NC(=O)CN(C(=O)Nc2cccc(C(F)(F)F)c2)C(C)C)cc1. The zero-order chi connectivity index (χ0) is 27.5. The minimum Gasteiger partial charge on any atom is -0.313 e. The van der Waals surface area contributed by atoms with Crippen LogP contribution in [0.4, 0.5) is 29.5 Å². The average molecular weight is 516 g/mol. The van der Waals surface area contributed by atoms with Crippen LogP contribution in [-0.2, 0) is 16.4 Å². The number of amides is 3. The monoisotopic (exact) mass is 515 g/mol. The molecule has 3 amide bonds. The summed E-state index contributed by atoms with van der Waals surface area (Å²) in [6.45, 7) is 11.1. The topological polar surface area (TPSA) is 79.3 Å². The van der Waals surface area contributed by atoms with Gasteiger partial charge in [0.15, 0.2) is 0 Å². The molecule has 0 spiro atoms. The highest BCUT2D eigenvalue weighted by Gasteiger charge is 2.31. The number of alkyl halides is 3. The smallest absolute Gasteiger partial charge is 0.313 e. The van der Waals surface area contributed by atoms with E-state index in [0.29, 0.717) is 5.82 Å². The van der Waals surface area contributed by atoms with Gasteiger partial charge in [-0.2, -0.15) is 18.3 Å². The van der Waals surface area contributed by atoms with Crippen LogP contribution in [0.5, 0.6) is 0 Å². The molecule has 2 N–H and O–H groups in total. The van der Waals surface area contributed by atoms with Gasteiger partial charge in [0.05, 0.1) is 16.9 Å². The fourth-order valence-electron chi connectivity index (χ4n) is 3.51. The fourth-order valence-corrected chi connectivity index (χ4v) is 3.51. The normalized spacial score (nSPS) is 11.9. The molecule has 3 rings (SSSR count). The van der Waals surface area contributed by atoms with Gasteiger partial charge in [-0.1, -0.05) is 44.5 Å². The fraction of sp³-hybridized carbons (Fsp3) is 0.370. The van der Waals surface area contributed by atoms with Crippen LogP contribution < -0.4 is 10.6 Å². The summed E-state index contributed by atoms with van der Waals surface area (Å²) in [6.07, 6.45) is -4.54. The van der Waals surface area contributed by atoms with Crippen molar-refractivity contribution in [1.29, 1.82) is 0 Å². The summed E-state index contributed by atoms with van der Waals surface area (Å²) in [4.78, 5) is 27.2. The number of hydrogen-bond donors (Lipinski definition) is 2. The van der Waals surface area contributed by atoms with Crippen LogP contribution in [0.1, 0.15) is 51.4 Å². The van der Waals surface area contributed by atoms with E-state index in [1.807, 2.05) is 52.0 Å². The van der Waals surface area contributed by atoms with E-state index in [1.54, 1.807) is 24.6 Å². The summed E-state index contributed by atoms with van der Waals surface area (Å²) in [5, 5.41) is 9.99. The quantitative estimate of drug-likeness (QED) is 0.400. The third-order valence-corrected chi connectivity index (χ3v) is 5.66. The number of nitrogens with zero attached hydrogens (tertiary/aromatic N) is 3. The van der Waals surface area contributed by atoms with Crippen molar-refractivity contribution < 1.29 is 22.8 Å². The highest BCUT2D eigenvalue weighted by molar-refractivity contribution is 5.97. The van der Waals surface area contributed by atoms with Gasteiger partial charge >= 0.3 is 12.2 Å². The molecular formula is C27H32F3N5O2. The molecule has 0 aliphatic carbocycles. The summed E-state index contributed by atoms with van der Waals surface area (Å²) in [5.41, 5.74) is 1.45. The number of nitrogens with one attached hydrogen (secondary N) is 2. The van der Waals surface area contributed by atoms with Crippen LogP contribution in [0.2, 0.25) is 0 Å². The number of aryl methyl sites for hydroxylation is 1. The predicted molar refractivity (Wildman–Crippen MR) is 138 cm³/mol. The molecule has 0 atom stereocenters. The Bertz CT molecular complexity index is 1260. The first-order valence-electron chi connectivity index (χ1n) is 11.9. The van der Waals surface area contributed by atoms with E-state index in [9.17, 15) is 22.8 Å². The zero-order valence-electron chi connectivity index (χ0n) is 21.8. The summed E-state index contributed by atoms with van der Waals surface area (Å²) < 4.78 is 40.8. The van der Waals surface area contributed by atoms with Gasteiger partial charge in [0.2, 0.25) is 5.91 Å². The molecule has 1 heterocycles. The first-order chi connectivity index (χ1) is 17.1. The molecule has 0 radical (unpaired) electrons. The summed E-state index contributed by atoms with van der Waals surface area (Å²) in [6, 6.07) is 12.7. The molecule has 0 aliphatic rings. The Morgan fingerprint density at radius 1 is 1.00 bits per heavy atom. The van der Waals surface area contributed by atoms with Crippen LogP contribution in [0.15, 0.2) is 54.6 Å². The van der Waals surface area contributed by atoms with E-state index < -0.39 is 29.7 Å². The van der Waals surface area contributed by atoms with E-state index in [2.05, 4.69) is 15.7 Å². The number of carbonyl (C=O) groups is 2. The van der Waals surface area contributed by atoms with Crippen molar-refractivity contribution in [3.05, 3.63) is 71.4 Å². The Hall–Kier alpha value is -3.82. The number of halogens is 3. The molecule has 0 saturated carbocycles. The number of aromatic nitrogens is 2. The number of anilines is 2. The number of rotatable bonds is 6. The molecule has 0 aliphatic heterocycles. The van der Waals surface area contributed by atoms with Gasteiger partial charge in [0, 0.05) is 23.2 Å². The van der Waals surface area contributed by atoms with E-state index in [4.69, 9.17) is 0 Å². The minimum absolute atomic E-state index is 0.0156. The van der Waals surface area contributed by atoms with Crippen molar-refractivity contribution in [2.45, 2.75) is 59.2 Å². The average Bonchev–Trinajstić information content (AvgIpc) is 3.21.